The van der Waals surface area contributed by atoms with Gasteiger partial charge in [-0.3, -0.25) is 4.79 Å². The fourth-order valence-corrected chi connectivity index (χ4v) is 6.35. The first-order valence-corrected chi connectivity index (χ1v) is 13.2. The highest BCUT2D eigenvalue weighted by Gasteiger charge is 2.28. The summed E-state index contributed by atoms with van der Waals surface area (Å²) in [4.78, 5) is 21.4. The van der Waals surface area contributed by atoms with E-state index in [2.05, 4.69) is 9.97 Å². The van der Waals surface area contributed by atoms with Gasteiger partial charge in [0, 0.05) is 41.9 Å². The fourth-order valence-electron chi connectivity index (χ4n) is 3.96. The van der Waals surface area contributed by atoms with Crippen LogP contribution in [-0.4, -0.2) is 54.8 Å². The number of carbonyl (C=O) groups excluding carboxylic acids is 1. The summed E-state index contributed by atoms with van der Waals surface area (Å²) >= 11 is 1.31. The number of nitrogens with one attached hydrogen (secondary N) is 1. The topological polar surface area (TPSA) is 92.4 Å². The number of sulfonamides is 1. The van der Waals surface area contributed by atoms with Crippen LogP contribution in [0, 0.1) is 0 Å². The SMILES string of the molecule is O=C(c1c[nH]c2ccccc12)[C@@H](Sc1ccc(S(=O)(=O)N2CCOCC2)cn1)c1ccccc1. The Morgan fingerprint density at radius 2 is 1.74 bits per heavy atom. The van der Waals surface area contributed by atoms with Gasteiger partial charge in [0.05, 0.1) is 23.5 Å². The van der Waals surface area contributed by atoms with E-state index in [1.807, 2.05) is 54.6 Å². The molecule has 1 aliphatic rings. The first-order chi connectivity index (χ1) is 16.5. The highest BCUT2D eigenvalue weighted by Crippen LogP contribution is 2.38. The third-order valence-corrected chi connectivity index (χ3v) is 8.84. The standard InChI is InChI=1S/C25H23N3O4S2/c29-24(21-17-26-22-9-5-4-8-20(21)22)25(18-6-2-1-3-7-18)33-23-11-10-19(16-27-23)34(30,31)28-12-14-32-15-13-28/h1-11,16-17,25-26H,12-15H2/t25-/m0/s1. The number of hydrogen-bond acceptors (Lipinski definition) is 6. The first-order valence-electron chi connectivity index (χ1n) is 10.9. The molecular formula is C25H23N3O4S2. The van der Waals surface area contributed by atoms with E-state index in [0.717, 1.165) is 16.5 Å². The second-order valence-corrected chi connectivity index (χ2v) is 10.9. The maximum atomic E-state index is 13.7. The predicted octanol–water partition coefficient (Wildman–Crippen LogP) is 4.30. The molecule has 1 aliphatic heterocycles. The van der Waals surface area contributed by atoms with E-state index in [1.165, 1.54) is 22.3 Å². The van der Waals surface area contributed by atoms with Crippen LogP contribution in [0.4, 0.5) is 0 Å². The highest BCUT2D eigenvalue weighted by molar-refractivity contribution is 8.00. The summed E-state index contributed by atoms with van der Waals surface area (Å²) in [5, 5.41) is 0.909. The molecule has 4 aromatic rings. The Morgan fingerprint density at radius 3 is 2.47 bits per heavy atom. The number of pyridine rings is 1. The van der Waals surface area contributed by atoms with Crippen LogP contribution in [0.3, 0.4) is 0 Å². The number of hydrogen-bond donors (Lipinski definition) is 1. The van der Waals surface area contributed by atoms with Crippen molar-refractivity contribution in [3.8, 4) is 0 Å². The van der Waals surface area contributed by atoms with Crippen molar-refractivity contribution in [2.75, 3.05) is 26.3 Å². The molecule has 0 saturated carbocycles. The average Bonchev–Trinajstić information content (AvgIpc) is 3.32. The third kappa shape index (κ3) is 4.52. The number of ether oxygens (including phenoxy) is 1. The van der Waals surface area contributed by atoms with Crippen LogP contribution in [0.25, 0.3) is 10.9 Å². The second-order valence-electron chi connectivity index (χ2n) is 7.87. The summed E-state index contributed by atoms with van der Waals surface area (Å²) in [7, 11) is -3.63. The van der Waals surface area contributed by atoms with Gasteiger partial charge in [0.15, 0.2) is 5.78 Å². The second kappa shape index (κ2) is 9.71. The molecule has 0 spiro atoms. The molecule has 0 radical (unpaired) electrons. The molecule has 2 aromatic heterocycles. The van der Waals surface area contributed by atoms with E-state index >= 15 is 0 Å². The summed E-state index contributed by atoms with van der Waals surface area (Å²) in [6.45, 7) is 1.42. The summed E-state index contributed by atoms with van der Waals surface area (Å²) < 4.78 is 32.5. The summed E-state index contributed by atoms with van der Waals surface area (Å²) in [6, 6.07) is 20.5. The Kier molecular flexibility index (Phi) is 6.51. The highest BCUT2D eigenvalue weighted by atomic mass is 32.2. The normalized spacial score (nSPS) is 15.9. The molecule has 34 heavy (non-hydrogen) atoms. The summed E-state index contributed by atoms with van der Waals surface area (Å²) in [6.07, 6.45) is 3.11. The number of nitrogens with zero attached hydrogens (tertiary/aromatic N) is 2. The number of ketones is 1. The Balaban J connectivity index is 1.44. The first kappa shape index (κ1) is 22.8. The number of carbonyl (C=O) groups is 1. The maximum Gasteiger partial charge on any atom is 0.244 e. The molecule has 0 unspecified atom stereocenters. The molecular weight excluding hydrogens is 470 g/mol. The van der Waals surface area contributed by atoms with Gasteiger partial charge in [0.2, 0.25) is 10.0 Å². The lowest BCUT2D eigenvalue weighted by atomic mass is 10.0. The molecule has 9 heteroatoms. The number of para-hydroxylation sites is 1. The molecule has 3 heterocycles. The van der Waals surface area contributed by atoms with Crippen LogP contribution in [-0.2, 0) is 14.8 Å². The van der Waals surface area contributed by atoms with Gasteiger partial charge in [-0.1, -0.05) is 60.3 Å². The van der Waals surface area contributed by atoms with E-state index in [9.17, 15) is 13.2 Å². The van der Waals surface area contributed by atoms with Crippen molar-refractivity contribution in [1.29, 1.82) is 0 Å². The number of rotatable bonds is 7. The van der Waals surface area contributed by atoms with Gasteiger partial charge in [0.25, 0.3) is 0 Å². The van der Waals surface area contributed by atoms with Gasteiger partial charge >= 0.3 is 0 Å². The minimum atomic E-state index is -3.63. The molecule has 5 rings (SSSR count). The van der Waals surface area contributed by atoms with Gasteiger partial charge < -0.3 is 9.72 Å². The van der Waals surface area contributed by atoms with Crippen LogP contribution in [0.5, 0.6) is 0 Å². The quantitative estimate of drug-likeness (QED) is 0.305. The van der Waals surface area contributed by atoms with E-state index in [1.54, 1.807) is 18.3 Å². The van der Waals surface area contributed by atoms with E-state index in [4.69, 9.17) is 4.74 Å². The Morgan fingerprint density at radius 1 is 1.00 bits per heavy atom. The largest absolute Gasteiger partial charge is 0.379 e. The van der Waals surface area contributed by atoms with Crippen LogP contribution < -0.4 is 0 Å². The van der Waals surface area contributed by atoms with E-state index in [-0.39, 0.29) is 10.7 Å². The summed E-state index contributed by atoms with van der Waals surface area (Å²) in [5.41, 5.74) is 2.37. The average molecular weight is 494 g/mol. The van der Waals surface area contributed by atoms with Gasteiger partial charge in [-0.05, 0) is 23.8 Å². The molecule has 0 bridgehead atoms. The Labute approximate surface area is 202 Å². The number of H-pyrrole nitrogens is 1. The molecule has 2 aromatic carbocycles. The van der Waals surface area contributed by atoms with E-state index < -0.39 is 15.3 Å². The number of thioether (sulfide) groups is 1. The molecule has 7 nitrogen and oxygen atoms in total. The number of Topliss-reactive ketones (excluding diaryl/α,β-unsaturated/α-hetero) is 1. The molecule has 0 amide bonds. The molecule has 0 aliphatic carbocycles. The molecule has 1 fully saturated rings. The zero-order valence-electron chi connectivity index (χ0n) is 18.3. The summed E-state index contributed by atoms with van der Waals surface area (Å²) in [5.74, 6) is -0.0412. The van der Waals surface area contributed by atoms with E-state index in [0.29, 0.717) is 36.9 Å². The van der Waals surface area contributed by atoms with Crippen molar-refractivity contribution in [2.45, 2.75) is 15.2 Å². The Hall–Kier alpha value is -2.98. The van der Waals surface area contributed by atoms with Gasteiger partial charge in [-0.15, -0.1) is 0 Å². The Bertz CT molecular complexity index is 1400. The lowest BCUT2D eigenvalue weighted by Gasteiger charge is -2.25. The maximum absolute atomic E-state index is 13.7. The predicted molar refractivity (Wildman–Crippen MR) is 131 cm³/mol. The zero-order valence-corrected chi connectivity index (χ0v) is 19.9. The molecule has 1 N–H and O–H groups in total. The third-order valence-electron chi connectivity index (χ3n) is 5.75. The van der Waals surface area contributed by atoms with Crippen LogP contribution >= 0.6 is 11.8 Å². The molecule has 174 valence electrons. The van der Waals surface area contributed by atoms with Crippen molar-refractivity contribution in [3.05, 3.63) is 90.3 Å². The number of fused-ring (bicyclic) bond motifs is 1. The van der Waals surface area contributed by atoms with Gasteiger partial charge in [0.1, 0.15) is 4.90 Å². The fraction of sp³-hybridized carbons (Fsp3) is 0.200. The lowest BCUT2D eigenvalue weighted by Crippen LogP contribution is -2.40. The van der Waals surface area contributed by atoms with Crippen LogP contribution in [0.2, 0.25) is 0 Å². The van der Waals surface area contributed by atoms with Crippen molar-refractivity contribution in [3.63, 3.8) is 0 Å². The number of benzene rings is 2. The minimum absolute atomic E-state index is 0.0412. The molecule has 1 atom stereocenters. The number of aromatic nitrogens is 2. The lowest BCUT2D eigenvalue weighted by molar-refractivity contribution is 0.0730. The minimum Gasteiger partial charge on any atom is -0.379 e. The monoisotopic (exact) mass is 493 g/mol. The van der Waals surface area contributed by atoms with Crippen LogP contribution in [0.15, 0.2) is 89.0 Å². The molecule has 1 saturated heterocycles. The van der Waals surface area contributed by atoms with Gasteiger partial charge in [-0.2, -0.15) is 4.31 Å². The zero-order chi connectivity index (χ0) is 23.5. The number of aromatic amines is 1. The van der Waals surface area contributed by atoms with Crippen molar-refractivity contribution in [2.24, 2.45) is 0 Å². The van der Waals surface area contributed by atoms with Crippen molar-refractivity contribution < 1.29 is 17.9 Å². The smallest absolute Gasteiger partial charge is 0.244 e. The van der Waals surface area contributed by atoms with Gasteiger partial charge in [-0.25, -0.2) is 13.4 Å². The van der Waals surface area contributed by atoms with Crippen molar-refractivity contribution >= 4 is 38.5 Å². The van der Waals surface area contributed by atoms with Crippen LogP contribution in [0.1, 0.15) is 21.2 Å². The van der Waals surface area contributed by atoms with Crippen molar-refractivity contribution in [1.82, 2.24) is 14.3 Å². The number of morpholine rings is 1.